The molecule has 3 aromatic carbocycles. The lowest BCUT2D eigenvalue weighted by Gasteiger charge is -2.19. The normalized spacial score (nSPS) is 18.1. The summed E-state index contributed by atoms with van der Waals surface area (Å²) in [5.41, 5.74) is 2.93. The Hall–Kier alpha value is -3.38. The molecule has 0 amide bonds. The maximum atomic E-state index is 11.0. The molecule has 0 aromatic heterocycles. The second-order valence-corrected chi connectivity index (χ2v) is 7.11. The molecule has 29 heavy (non-hydrogen) atoms. The van der Waals surface area contributed by atoms with Gasteiger partial charge in [0, 0.05) is 22.7 Å². The van der Waals surface area contributed by atoms with Crippen LogP contribution in [0.5, 0.6) is 5.75 Å². The summed E-state index contributed by atoms with van der Waals surface area (Å²) >= 11 is 6.04. The van der Waals surface area contributed by atoms with Crippen molar-refractivity contribution in [3.8, 4) is 5.75 Å². The van der Waals surface area contributed by atoms with Crippen LogP contribution in [-0.2, 0) is 0 Å². The van der Waals surface area contributed by atoms with E-state index in [1.165, 1.54) is 12.1 Å². The summed E-state index contributed by atoms with van der Waals surface area (Å²) in [5.74, 6) is 1.53. The van der Waals surface area contributed by atoms with Crippen LogP contribution in [-0.4, -0.2) is 17.9 Å². The molecule has 1 aliphatic rings. The maximum absolute atomic E-state index is 11.0. The minimum Gasteiger partial charge on any atom is -0.497 e. The fourth-order valence-corrected chi connectivity index (χ4v) is 3.51. The van der Waals surface area contributed by atoms with Crippen LogP contribution in [0.25, 0.3) is 0 Å². The highest BCUT2D eigenvalue weighted by atomic mass is 35.5. The molecule has 0 fully saturated rings. The van der Waals surface area contributed by atoms with Gasteiger partial charge in [-0.2, -0.15) is 0 Å². The van der Waals surface area contributed by atoms with Gasteiger partial charge in [-0.25, -0.2) is 0 Å². The molecule has 1 heterocycles. The van der Waals surface area contributed by atoms with Crippen molar-refractivity contribution in [3.63, 3.8) is 0 Å². The Morgan fingerprint density at radius 2 is 1.59 bits per heavy atom. The number of amidine groups is 1. The number of nitrogens with zero attached hydrogens (tertiary/aromatic N) is 2. The third kappa shape index (κ3) is 3.93. The summed E-state index contributed by atoms with van der Waals surface area (Å²) in [6.07, 6.45) is 0. The summed E-state index contributed by atoms with van der Waals surface area (Å²) < 4.78 is 5.23. The van der Waals surface area contributed by atoms with Gasteiger partial charge in [0.1, 0.15) is 17.6 Å². The second kappa shape index (κ2) is 7.93. The number of aliphatic imine (C=N–C) groups is 1. The molecule has 0 aliphatic carbocycles. The van der Waals surface area contributed by atoms with E-state index in [-0.39, 0.29) is 17.8 Å². The molecule has 0 saturated heterocycles. The van der Waals surface area contributed by atoms with E-state index in [4.69, 9.17) is 21.3 Å². The third-order valence-electron chi connectivity index (χ3n) is 4.91. The van der Waals surface area contributed by atoms with Crippen LogP contribution in [0.2, 0.25) is 5.02 Å². The van der Waals surface area contributed by atoms with Crippen molar-refractivity contribution >= 4 is 23.1 Å². The zero-order valence-corrected chi connectivity index (χ0v) is 16.3. The van der Waals surface area contributed by atoms with Crippen LogP contribution in [0, 0.1) is 10.1 Å². The predicted molar refractivity (Wildman–Crippen MR) is 113 cm³/mol. The van der Waals surface area contributed by atoms with E-state index in [0.29, 0.717) is 5.02 Å². The lowest BCUT2D eigenvalue weighted by molar-refractivity contribution is -0.384. The number of hydrogen-bond acceptors (Lipinski definition) is 5. The Balaban J connectivity index is 1.70. The van der Waals surface area contributed by atoms with Gasteiger partial charge in [0.05, 0.1) is 18.1 Å². The quantitative estimate of drug-likeness (QED) is 0.472. The summed E-state index contributed by atoms with van der Waals surface area (Å²) in [4.78, 5) is 15.5. The number of halogens is 1. The van der Waals surface area contributed by atoms with Crippen molar-refractivity contribution in [2.75, 3.05) is 7.11 Å². The molecule has 0 unspecified atom stereocenters. The molecule has 7 heteroatoms. The molecule has 0 saturated carbocycles. The standard InChI is InChI=1S/C22H18ClN3O3/c1-29-19-12-6-16(7-13-19)22-24-20(14-2-8-17(23)9-3-14)21(25-22)15-4-10-18(11-5-15)26(27)28/h2-13,20-21H,1H3,(H,24,25)/t20-,21+/m1/s1. The molecular weight excluding hydrogens is 390 g/mol. The van der Waals surface area contributed by atoms with Crippen LogP contribution in [0.1, 0.15) is 28.8 Å². The number of benzene rings is 3. The molecule has 0 radical (unpaired) electrons. The van der Waals surface area contributed by atoms with E-state index in [9.17, 15) is 10.1 Å². The average molecular weight is 408 g/mol. The van der Waals surface area contributed by atoms with E-state index in [2.05, 4.69) is 5.32 Å². The number of ether oxygens (including phenoxy) is 1. The summed E-state index contributed by atoms with van der Waals surface area (Å²) in [7, 11) is 1.63. The monoisotopic (exact) mass is 407 g/mol. The van der Waals surface area contributed by atoms with Gasteiger partial charge in [-0.15, -0.1) is 0 Å². The van der Waals surface area contributed by atoms with Crippen LogP contribution in [0.3, 0.4) is 0 Å². The minimum atomic E-state index is -0.401. The third-order valence-corrected chi connectivity index (χ3v) is 5.17. The smallest absolute Gasteiger partial charge is 0.269 e. The van der Waals surface area contributed by atoms with Gasteiger partial charge in [-0.05, 0) is 47.5 Å². The minimum absolute atomic E-state index is 0.0612. The van der Waals surface area contributed by atoms with Gasteiger partial charge < -0.3 is 10.1 Å². The number of hydrogen-bond donors (Lipinski definition) is 1. The zero-order chi connectivity index (χ0) is 20.4. The molecule has 146 valence electrons. The molecule has 4 rings (SSSR count). The first-order valence-corrected chi connectivity index (χ1v) is 9.41. The molecule has 1 aliphatic heterocycles. The van der Waals surface area contributed by atoms with Gasteiger partial charge in [-0.1, -0.05) is 35.9 Å². The highest BCUT2D eigenvalue weighted by Gasteiger charge is 2.32. The van der Waals surface area contributed by atoms with Crippen molar-refractivity contribution in [1.29, 1.82) is 0 Å². The van der Waals surface area contributed by atoms with Crippen molar-refractivity contribution in [1.82, 2.24) is 5.32 Å². The predicted octanol–water partition coefficient (Wildman–Crippen LogP) is 5.09. The number of methoxy groups -OCH3 is 1. The Bertz CT molecular complexity index is 1050. The van der Waals surface area contributed by atoms with E-state index < -0.39 is 4.92 Å². The van der Waals surface area contributed by atoms with Crippen molar-refractivity contribution in [2.24, 2.45) is 4.99 Å². The van der Waals surface area contributed by atoms with E-state index >= 15 is 0 Å². The average Bonchev–Trinajstić information content (AvgIpc) is 3.20. The Morgan fingerprint density at radius 3 is 2.17 bits per heavy atom. The number of nitro benzene ring substituents is 1. The second-order valence-electron chi connectivity index (χ2n) is 6.67. The molecule has 3 aromatic rings. The highest BCUT2D eigenvalue weighted by Crippen LogP contribution is 2.38. The summed E-state index contributed by atoms with van der Waals surface area (Å²) in [5, 5.41) is 15.1. The van der Waals surface area contributed by atoms with Crippen LogP contribution in [0.15, 0.2) is 77.8 Å². The number of nitrogens with one attached hydrogen (secondary N) is 1. The van der Waals surface area contributed by atoms with E-state index in [1.807, 2.05) is 48.5 Å². The SMILES string of the molecule is COc1ccc(C2=N[C@H](c3ccc(Cl)cc3)[C@H](c3ccc([N+](=O)[O-])cc3)N2)cc1. The Kier molecular flexibility index (Phi) is 5.18. The Morgan fingerprint density at radius 1 is 0.966 bits per heavy atom. The molecule has 0 bridgehead atoms. The molecule has 6 nitrogen and oxygen atoms in total. The van der Waals surface area contributed by atoms with Crippen molar-refractivity contribution < 1.29 is 9.66 Å². The maximum Gasteiger partial charge on any atom is 0.269 e. The zero-order valence-electron chi connectivity index (χ0n) is 15.6. The van der Waals surface area contributed by atoms with Gasteiger partial charge >= 0.3 is 0 Å². The molecule has 1 N–H and O–H groups in total. The van der Waals surface area contributed by atoms with Gasteiger partial charge in [0.15, 0.2) is 0 Å². The van der Waals surface area contributed by atoms with Crippen LogP contribution < -0.4 is 10.1 Å². The van der Waals surface area contributed by atoms with Gasteiger partial charge in [0.2, 0.25) is 0 Å². The summed E-state index contributed by atoms with van der Waals surface area (Å²) in [6.45, 7) is 0. The summed E-state index contributed by atoms with van der Waals surface area (Å²) in [6, 6.07) is 21.5. The molecule has 0 spiro atoms. The van der Waals surface area contributed by atoms with Gasteiger partial charge in [0.25, 0.3) is 5.69 Å². The topological polar surface area (TPSA) is 76.8 Å². The first-order chi connectivity index (χ1) is 14.0. The fourth-order valence-electron chi connectivity index (χ4n) is 3.38. The number of rotatable bonds is 5. The molecule has 2 atom stereocenters. The van der Waals surface area contributed by atoms with Crippen molar-refractivity contribution in [3.05, 3.63) is 105 Å². The number of nitro groups is 1. The first kappa shape index (κ1) is 19.0. The van der Waals surface area contributed by atoms with Crippen LogP contribution >= 0.6 is 11.6 Å². The lowest BCUT2D eigenvalue weighted by Crippen LogP contribution is -2.25. The molecular formula is C22H18ClN3O3. The van der Waals surface area contributed by atoms with Gasteiger partial charge in [-0.3, -0.25) is 15.1 Å². The van der Waals surface area contributed by atoms with E-state index in [1.54, 1.807) is 19.2 Å². The highest BCUT2D eigenvalue weighted by molar-refractivity contribution is 6.30. The van der Waals surface area contributed by atoms with E-state index in [0.717, 1.165) is 28.3 Å². The fraction of sp³-hybridized carbons (Fsp3) is 0.136. The Labute approximate surface area is 173 Å². The van der Waals surface area contributed by atoms with Crippen molar-refractivity contribution in [2.45, 2.75) is 12.1 Å². The lowest BCUT2D eigenvalue weighted by atomic mass is 9.95. The van der Waals surface area contributed by atoms with Crippen LogP contribution in [0.4, 0.5) is 5.69 Å². The first-order valence-electron chi connectivity index (χ1n) is 9.04. The number of non-ortho nitro benzene ring substituents is 1. The largest absolute Gasteiger partial charge is 0.497 e.